The number of aryl methyl sites for hydroxylation is 1. The van der Waals surface area contributed by atoms with E-state index in [1.54, 1.807) is 6.92 Å². The molecule has 0 unspecified atom stereocenters. The van der Waals surface area contributed by atoms with Crippen molar-refractivity contribution in [3.63, 3.8) is 0 Å². The highest BCUT2D eigenvalue weighted by Crippen LogP contribution is 2.33. The minimum absolute atomic E-state index is 0.0822. The molecule has 0 spiro atoms. The van der Waals surface area contributed by atoms with E-state index in [2.05, 4.69) is 4.98 Å². The quantitative estimate of drug-likeness (QED) is 0.621. The normalized spacial score (nSPS) is 11.4. The predicted molar refractivity (Wildman–Crippen MR) is 91.8 cm³/mol. The second-order valence-corrected chi connectivity index (χ2v) is 8.53. The summed E-state index contributed by atoms with van der Waals surface area (Å²) in [5, 5.41) is 0.605. The number of nitrogens with zero attached hydrogens (tertiary/aromatic N) is 1. The number of benzene rings is 2. The summed E-state index contributed by atoms with van der Waals surface area (Å²) in [7, 11) is 1.64. The van der Waals surface area contributed by atoms with E-state index >= 15 is 0 Å². The molecule has 3 rings (SSSR count). The molecule has 0 aliphatic heterocycles. The molecule has 23 heavy (non-hydrogen) atoms. The summed E-state index contributed by atoms with van der Waals surface area (Å²) in [5.74, 6) is 1.44. The van der Waals surface area contributed by atoms with Crippen LogP contribution < -0.4 is 4.74 Å². The number of para-hydroxylation sites is 1. The average Bonchev–Trinajstić information content (AvgIpc) is 2.91. The fraction of sp³-hybridized carbons (Fsp3) is 0.0625. The van der Waals surface area contributed by atoms with E-state index in [1.807, 2.05) is 54.6 Å². The summed E-state index contributed by atoms with van der Waals surface area (Å²) in [6.45, 7) is 1.63. The lowest BCUT2D eigenvalue weighted by Gasteiger charge is -2.05. The van der Waals surface area contributed by atoms with Crippen LogP contribution in [0.5, 0.6) is 11.5 Å². The number of aromatic nitrogens is 1. The Morgan fingerprint density at radius 3 is 2.17 bits per heavy atom. The molecule has 0 atom stereocenters. The Bertz CT molecular complexity index is 920. The Morgan fingerprint density at radius 1 is 1.00 bits per heavy atom. The number of rotatable bonds is 4. The summed E-state index contributed by atoms with van der Waals surface area (Å²) in [6.07, 6.45) is 0. The number of ether oxygens (including phenoxy) is 1. The van der Waals surface area contributed by atoms with Gasteiger partial charge >= 0.3 is 0 Å². The van der Waals surface area contributed by atoms with Gasteiger partial charge in [-0.05, 0) is 43.3 Å². The zero-order chi connectivity index (χ0) is 16.4. The molecule has 0 fully saturated rings. The van der Waals surface area contributed by atoms with Crippen LogP contribution in [0.25, 0.3) is 10.6 Å². The molecular weight excluding hydrogens is 354 g/mol. The number of hydrogen-bond donors (Lipinski definition) is 0. The highest BCUT2D eigenvalue weighted by atomic mass is 35.7. The minimum Gasteiger partial charge on any atom is -0.457 e. The summed E-state index contributed by atoms with van der Waals surface area (Å²) in [5.41, 5.74) is 1.22. The molecule has 118 valence electrons. The first-order valence-corrected chi connectivity index (χ1v) is 9.81. The Hall–Kier alpha value is -1.89. The Balaban J connectivity index is 1.85. The predicted octanol–water partition coefficient (Wildman–Crippen LogP) is 4.84. The van der Waals surface area contributed by atoms with Gasteiger partial charge in [-0.25, -0.2) is 13.4 Å². The van der Waals surface area contributed by atoms with E-state index < -0.39 is 9.05 Å². The maximum absolute atomic E-state index is 11.5. The molecule has 0 N–H and O–H groups in total. The number of thiazole rings is 1. The SMILES string of the molecule is Cc1nc(-c2ccc(Oc3ccccc3)cc2)sc1S(=O)(=O)Cl. The van der Waals surface area contributed by atoms with Crippen molar-refractivity contribution >= 4 is 31.1 Å². The third-order valence-corrected chi connectivity index (χ3v) is 6.44. The fourth-order valence-electron chi connectivity index (χ4n) is 2.02. The highest BCUT2D eigenvalue weighted by Gasteiger charge is 2.19. The molecular formula is C16H12ClNO3S2. The van der Waals surface area contributed by atoms with Gasteiger partial charge in [-0.3, -0.25) is 0 Å². The van der Waals surface area contributed by atoms with E-state index in [9.17, 15) is 8.42 Å². The zero-order valence-electron chi connectivity index (χ0n) is 12.1. The van der Waals surface area contributed by atoms with Gasteiger partial charge in [0.15, 0.2) is 4.21 Å². The van der Waals surface area contributed by atoms with Crippen LogP contribution in [0.1, 0.15) is 5.69 Å². The molecule has 0 amide bonds. The van der Waals surface area contributed by atoms with Gasteiger partial charge in [0.2, 0.25) is 0 Å². The van der Waals surface area contributed by atoms with Crippen LogP contribution in [0, 0.1) is 6.92 Å². The molecule has 0 saturated heterocycles. The monoisotopic (exact) mass is 365 g/mol. The van der Waals surface area contributed by atoms with Crippen molar-refractivity contribution in [3.8, 4) is 22.1 Å². The van der Waals surface area contributed by atoms with Gasteiger partial charge in [-0.15, -0.1) is 11.3 Å². The second-order valence-electron chi connectivity index (χ2n) is 4.77. The lowest BCUT2D eigenvalue weighted by Crippen LogP contribution is -1.88. The van der Waals surface area contributed by atoms with Crippen LogP contribution >= 0.6 is 22.0 Å². The van der Waals surface area contributed by atoms with Crippen LogP contribution in [-0.2, 0) is 9.05 Å². The van der Waals surface area contributed by atoms with Crippen LogP contribution in [0.2, 0.25) is 0 Å². The topological polar surface area (TPSA) is 56.3 Å². The third-order valence-electron chi connectivity index (χ3n) is 3.06. The molecule has 0 saturated carbocycles. The molecule has 0 aliphatic carbocycles. The van der Waals surface area contributed by atoms with E-state index in [-0.39, 0.29) is 4.21 Å². The van der Waals surface area contributed by atoms with Crippen LogP contribution in [-0.4, -0.2) is 13.4 Å². The molecule has 1 aromatic heterocycles. The smallest absolute Gasteiger partial charge is 0.272 e. The van der Waals surface area contributed by atoms with Gasteiger partial charge in [-0.2, -0.15) is 0 Å². The Kier molecular flexibility index (Phi) is 4.39. The van der Waals surface area contributed by atoms with Gasteiger partial charge in [-0.1, -0.05) is 18.2 Å². The van der Waals surface area contributed by atoms with Crippen molar-refractivity contribution < 1.29 is 13.2 Å². The standard InChI is InChI=1S/C16H12ClNO3S2/c1-11-16(23(17,19)20)22-15(18-11)12-7-9-14(10-8-12)21-13-5-3-2-4-6-13/h2-10H,1H3. The van der Waals surface area contributed by atoms with Gasteiger partial charge in [0, 0.05) is 16.2 Å². The average molecular weight is 366 g/mol. The first kappa shape index (κ1) is 16.0. The molecule has 0 aliphatic rings. The minimum atomic E-state index is -3.77. The lowest BCUT2D eigenvalue weighted by molar-refractivity contribution is 0.483. The summed E-state index contributed by atoms with van der Waals surface area (Å²) in [6, 6.07) is 16.8. The lowest BCUT2D eigenvalue weighted by atomic mass is 10.2. The first-order valence-electron chi connectivity index (χ1n) is 6.69. The van der Waals surface area contributed by atoms with Gasteiger partial charge in [0.05, 0.1) is 5.69 Å². The maximum atomic E-state index is 11.5. The van der Waals surface area contributed by atoms with Gasteiger partial charge < -0.3 is 4.74 Å². The van der Waals surface area contributed by atoms with Gasteiger partial charge in [0.1, 0.15) is 16.5 Å². The fourth-order valence-corrected chi connectivity index (χ4v) is 4.48. The van der Waals surface area contributed by atoms with Crippen molar-refractivity contribution in [2.45, 2.75) is 11.1 Å². The van der Waals surface area contributed by atoms with Crippen LogP contribution in [0.4, 0.5) is 0 Å². The van der Waals surface area contributed by atoms with Crippen LogP contribution in [0.15, 0.2) is 58.8 Å². The molecule has 0 radical (unpaired) electrons. The van der Waals surface area contributed by atoms with Crippen LogP contribution in [0.3, 0.4) is 0 Å². The summed E-state index contributed by atoms with van der Waals surface area (Å²) < 4.78 is 28.7. The van der Waals surface area contributed by atoms with Crippen molar-refractivity contribution in [1.29, 1.82) is 0 Å². The van der Waals surface area contributed by atoms with E-state index in [0.29, 0.717) is 16.5 Å². The van der Waals surface area contributed by atoms with Crippen molar-refractivity contribution in [1.82, 2.24) is 4.98 Å². The summed E-state index contributed by atoms with van der Waals surface area (Å²) >= 11 is 1.06. The third kappa shape index (κ3) is 3.72. The molecule has 0 bridgehead atoms. The Labute approximate surface area is 142 Å². The Morgan fingerprint density at radius 2 is 1.61 bits per heavy atom. The van der Waals surface area contributed by atoms with Crippen molar-refractivity contribution in [2.24, 2.45) is 0 Å². The molecule has 7 heteroatoms. The molecule has 1 heterocycles. The maximum Gasteiger partial charge on any atom is 0.272 e. The molecule has 2 aromatic carbocycles. The molecule has 4 nitrogen and oxygen atoms in total. The molecule has 3 aromatic rings. The van der Waals surface area contributed by atoms with E-state index in [4.69, 9.17) is 15.4 Å². The number of halogens is 1. The summed E-state index contributed by atoms with van der Waals surface area (Å²) in [4.78, 5) is 4.28. The number of hydrogen-bond acceptors (Lipinski definition) is 5. The largest absolute Gasteiger partial charge is 0.457 e. The highest BCUT2D eigenvalue weighted by molar-refractivity contribution is 8.15. The van der Waals surface area contributed by atoms with Crippen molar-refractivity contribution in [3.05, 3.63) is 60.3 Å². The zero-order valence-corrected chi connectivity index (χ0v) is 14.5. The van der Waals surface area contributed by atoms with Crippen molar-refractivity contribution in [2.75, 3.05) is 0 Å². The first-order chi connectivity index (χ1) is 10.9. The van der Waals surface area contributed by atoms with Gasteiger partial charge in [0.25, 0.3) is 9.05 Å². The van der Waals surface area contributed by atoms with E-state index in [1.165, 1.54) is 0 Å². The second kappa shape index (κ2) is 6.31. The van der Waals surface area contributed by atoms with E-state index in [0.717, 1.165) is 22.6 Å².